The van der Waals surface area contributed by atoms with Crippen molar-refractivity contribution in [3.63, 3.8) is 0 Å². The SMILES string of the molecule is CCOC(=O)c1n[c]cs1. The van der Waals surface area contributed by atoms with Crippen LogP contribution in [-0.4, -0.2) is 17.6 Å². The van der Waals surface area contributed by atoms with Crippen molar-refractivity contribution in [2.45, 2.75) is 6.92 Å². The second kappa shape index (κ2) is 3.31. The zero-order valence-electron chi connectivity index (χ0n) is 5.46. The Labute approximate surface area is 62.7 Å². The summed E-state index contributed by atoms with van der Waals surface area (Å²) in [6.45, 7) is 2.15. The van der Waals surface area contributed by atoms with Crippen molar-refractivity contribution in [1.82, 2.24) is 4.98 Å². The van der Waals surface area contributed by atoms with Gasteiger partial charge in [0.25, 0.3) is 0 Å². The van der Waals surface area contributed by atoms with Gasteiger partial charge in [-0.2, -0.15) is 0 Å². The highest BCUT2D eigenvalue weighted by molar-refractivity contribution is 7.11. The first-order chi connectivity index (χ1) is 4.84. The Morgan fingerprint density at radius 1 is 2.00 bits per heavy atom. The van der Waals surface area contributed by atoms with Crippen molar-refractivity contribution in [2.24, 2.45) is 0 Å². The van der Waals surface area contributed by atoms with Crippen LogP contribution in [0.5, 0.6) is 0 Å². The normalized spacial score (nSPS) is 9.30. The standard InChI is InChI=1S/C6H6NO2S/c1-2-9-6(8)5-7-3-4-10-5/h4H,2H2,1H3. The lowest BCUT2D eigenvalue weighted by Gasteiger charge is -1.94. The van der Waals surface area contributed by atoms with Crippen LogP contribution in [0.3, 0.4) is 0 Å². The van der Waals surface area contributed by atoms with Gasteiger partial charge < -0.3 is 4.74 Å². The lowest BCUT2D eigenvalue weighted by molar-refractivity contribution is 0.0526. The van der Waals surface area contributed by atoms with Gasteiger partial charge in [0.05, 0.1) is 6.61 Å². The summed E-state index contributed by atoms with van der Waals surface area (Å²) in [6.07, 6.45) is 2.54. The van der Waals surface area contributed by atoms with Crippen molar-refractivity contribution < 1.29 is 9.53 Å². The molecule has 0 bridgehead atoms. The first kappa shape index (κ1) is 7.21. The van der Waals surface area contributed by atoms with Crippen LogP contribution in [0.15, 0.2) is 5.38 Å². The molecule has 1 heterocycles. The summed E-state index contributed by atoms with van der Waals surface area (Å²) < 4.78 is 4.68. The van der Waals surface area contributed by atoms with E-state index in [1.165, 1.54) is 11.3 Å². The molecule has 1 rings (SSSR count). The molecule has 0 atom stereocenters. The molecule has 10 heavy (non-hydrogen) atoms. The van der Waals surface area contributed by atoms with Crippen LogP contribution in [0.2, 0.25) is 0 Å². The fourth-order valence-corrected chi connectivity index (χ4v) is 0.958. The number of ether oxygens (including phenoxy) is 1. The van der Waals surface area contributed by atoms with Crippen molar-refractivity contribution in [3.05, 3.63) is 16.6 Å². The van der Waals surface area contributed by atoms with Crippen molar-refractivity contribution >= 4 is 17.3 Å². The number of nitrogens with zero attached hydrogens (tertiary/aromatic N) is 1. The molecular weight excluding hydrogens is 150 g/mol. The van der Waals surface area contributed by atoms with Gasteiger partial charge in [-0.05, 0) is 6.92 Å². The molecule has 0 fully saturated rings. The van der Waals surface area contributed by atoms with E-state index in [9.17, 15) is 4.79 Å². The summed E-state index contributed by atoms with van der Waals surface area (Å²) in [6, 6.07) is 0. The summed E-state index contributed by atoms with van der Waals surface area (Å²) in [4.78, 5) is 14.5. The van der Waals surface area contributed by atoms with Crippen molar-refractivity contribution in [3.8, 4) is 0 Å². The van der Waals surface area contributed by atoms with Gasteiger partial charge in [0.15, 0.2) is 0 Å². The lowest BCUT2D eigenvalue weighted by atomic mass is 10.7. The number of esters is 1. The van der Waals surface area contributed by atoms with Crippen LogP contribution in [0.4, 0.5) is 0 Å². The van der Waals surface area contributed by atoms with Crippen LogP contribution < -0.4 is 0 Å². The van der Waals surface area contributed by atoms with Crippen LogP contribution in [0.25, 0.3) is 0 Å². The Bertz CT molecular complexity index is 208. The molecule has 0 amide bonds. The molecule has 1 aromatic heterocycles. The molecule has 0 spiro atoms. The number of aromatic nitrogens is 1. The summed E-state index contributed by atoms with van der Waals surface area (Å²) in [7, 11) is 0. The highest BCUT2D eigenvalue weighted by Crippen LogP contribution is 2.04. The third-order valence-corrected chi connectivity index (χ3v) is 1.54. The first-order valence-corrected chi connectivity index (χ1v) is 3.71. The molecule has 0 saturated carbocycles. The predicted octanol–water partition coefficient (Wildman–Crippen LogP) is 1.12. The molecule has 3 nitrogen and oxygen atoms in total. The maximum atomic E-state index is 10.8. The number of hydrogen-bond acceptors (Lipinski definition) is 4. The number of hydrogen-bond donors (Lipinski definition) is 0. The zero-order chi connectivity index (χ0) is 7.40. The number of carbonyl (C=O) groups is 1. The minimum absolute atomic E-state index is 0.363. The van der Waals surface area contributed by atoms with Crippen LogP contribution in [-0.2, 0) is 4.74 Å². The molecule has 0 unspecified atom stereocenters. The zero-order valence-corrected chi connectivity index (χ0v) is 6.27. The van der Waals surface area contributed by atoms with E-state index < -0.39 is 0 Å². The van der Waals surface area contributed by atoms with Crippen LogP contribution >= 0.6 is 11.3 Å². The maximum absolute atomic E-state index is 10.8. The molecule has 0 N–H and O–H groups in total. The average Bonchev–Trinajstić information content (AvgIpc) is 2.38. The number of rotatable bonds is 2. The maximum Gasteiger partial charge on any atom is 0.367 e. The van der Waals surface area contributed by atoms with Gasteiger partial charge in [-0.1, -0.05) is 0 Å². The van der Waals surface area contributed by atoms with Gasteiger partial charge in [0.2, 0.25) is 5.01 Å². The number of carbonyl (C=O) groups excluding carboxylic acids is 1. The summed E-state index contributed by atoms with van der Waals surface area (Å²) in [5, 5.41) is 1.98. The van der Waals surface area contributed by atoms with E-state index in [-0.39, 0.29) is 5.97 Å². The molecule has 53 valence electrons. The molecule has 1 aromatic rings. The first-order valence-electron chi connectivity index (χ1n) is 2.83. The number of thiazole rings is 1. The molecule has 0 aromatic carbocycles. The van der Waals surface area contributed by atoms with Crippen molar-refractivity contribution in [1.29, 1.82) is 0 Å². The molecule has 0 aliphatic heterocycles. The fraction of sp³-hybridized carbons (Fsp3) is 0.333. The summed E-state index contributed by atoms with van der Waals surface area (Å²) >= 11 is 1.23. The Balaban J connectivity index is 2.59. The fourth-order valence-electron chi connectivity index (χ4n) is 0.480. The predicted molar refractivity (Wildman–Crippen MR) is 36.9 cm³/mol. The van der Waals surface area contributed by atoms with Crippen molar-refractivity contribution in [2.75, 3.05) is 6.61 Å². The average molecular weight is 156 g/mol. The van der Waals surface area contributed by atoms with E-state index >= 15 is 0 Å². The Kier molecular flexibility index (Phi) is 2.39. The third kappa shape index (κ3) is 1.54. The lowest BCUT2D eigenvalue weighted by Crippen LogP contribution is -2.03. The Morgan fingerprint density at radius 3 is 3.30 bits per heavy atom. The van der Waals surface area contributed by atoms with Crippen LogP contribution in [0.1, 0.15) is 16.7 Å². The molecule has 0 aliphatic rings. The van der Waals surface area contributed by atoms with Gasteiger partial charge in [0.1, 0.15) is 6.20 Å². The van der Waals surface area contributed by atoms with E-state index in [0.29, 0.717) is 11.6 Å². The second-order valence-corrected chi connectivity index (χ2v) is 2.36. The molecule has 0 saturated heterocycles. The minimum Gasteiger partial charge on any atom is -0.461 e. The highest BCUT2D eigenvalue weighted by Gasteiger charge is 2.07. The minimum atomic E-state index is -0.367. The van der Waals surface area contributed by atoms with E-state index in [2.05, 4.69) is 15.9 Å². The van der Waals surface area contributed by atoms with E-state index in [1.807, 2.05) is 0 Å². The highest BCUT2D eigenvalue weighted by atomic mass is 32.1. The quantitative estimate of drug-likeness (QED) is 0.602. The van der Waals surface area contributed by atoms with Gasteiger partial charge in [-0.3, -0.25) is 0 Å². The second-order valence-electron chi connectivity index (χ2n) is 1.50. The third-order valence-electron chi connectivity index (χ3n) is 0.839. The summed E-state index contributed by atoms with van der Waals surface area (Å²) in [5.41, 5.74) is 0. The van der Waals surface area contributed by atoms with E-state index in [4.69, 9.17) is 0 Å². The molecular formula is C6H6NO2S. The monoisotopic (exact) mass is 156 g/mol. The van der Waals surface area contributed by atoms with Gasteiger partial charge >= 0.3 is 5.97 Å². The van der Waals surface area contributed by atoms with Crippen LogP contribution in [0, 0.1) is 6.20 Å². The van der Waals surface area contributed by atoms with Gasteiger partial charge in [-0.25, -0.2) is 9.78 Å². The smallest absolute Gasteiger partial charge is 0.367 e. The molecule has 0 aliphatic carbocycles. The summed E-state index contributed by atoms with van der Waals surface area (Å²) in [5.74, 6) is -0.367. The Hall–Kier alpha value is -0.900. The largest absolute Gasteiger partial charge is 0.461 e. The van der Waals surface area contributed by atoms with E-state index in [0.717, 1.165) is 0 Å². The molecule has 4 heteroatoms. The Morgan fingerprint density at radius 2 is 2.80 bits per heavy atom. The van der Waals surface area contributed by atoms with Gasteiger partial charge in [-0.15, -0.1) is 11.3 Å². The van der Waals surface area contributed by atoms with Gasteiger partial charge in [0, 0.05) is 5.38 Å². The molecule has 1 radical (unpaired) electrons. The topological polar surface area (TPSA) is 39.2 Å². The van der Waals surface area contributed by atoms with E-state index in [1.54, 1.807) is 12.3 Å².